The molecule has 2 aromatic heterocycles. The Hall–Kier alpha value is -3.16. The summed E-state index contributed by atoms with van der Waals surface area (Å²) in [4.78, 5) is 17.3. The molecule has 0 aliphatic heterocycles. The second kappa shape index (κ2) is 9.32. The second-order valence-electron chi connectivity index (χ2n) is 7.24. The zero-order valence-corrected chi connectivity index (χ0v) is 18.7. The number of benzene rings is 2. The molecule has 1 amide bonds. The predicted molar refractivity (Wildman–Crippen MR) is 123 cm³/mol. The number of aryl methyl sites for hydroxylation is 2. The van der Waals surface area contributed by atoms with Crippen LogP contribution in [-0.2, 0) is 13.2 Å². The third-order valence-electron chi connectivity index (χ3n) is 4.53. The molecule has 4 rings (SSSR count). The van der Waals surface area contributed by atoms with E-state index in [-0.39, 0.29) is 11.9 Å². The number of carbonyl (C=O) groups excluding carboxylic acids is 1. The van der Waals surface area contributed by atoms with E-state index in [1.807, 2.05) is 61.7 Å². The van der Waals surface area contributed by atoms with Gasteiger partial charge < -0.3 is 4.74 Å². The maximum Gasteiger partial charge on any atom is 0.268 e. The summed E-state index contributed by atoms with van der Waals surface area (Å²) in [5.41, 5.74) is 4.17. The van der Waals surface area contributed by atoms with Gasteiger partial charge in [-0.3, -0.25) is 10.1 Å². The van der Waals surface area contributed by atoms with E-state index in [0.717, 1.165) is 28.0 Å². The van der Waals surface area contributed by atoms with E-state index in [1.165, 1.54) is 11.3 Å². The van der Waals surface area contributed by atoms with Crippen molar-refractivity contribution in [2.75, 3.05) is 5.32 Å². The fraction of sp³-hybridized carbons (Fsp3) is 0.174. The van der Waals surface area contributed by atoms with Gasteiger partial charge in [0, 0.05) is 10.6 Å². The van der Waals surface area contributed by atoms with Gasteiger partial charge in [0.05, 0.1) is 11.4 Å². The van der Waals surface area contributed by atoms with Crippen LogP contribution in [0, 0.1) is 13.8 Å². The maximum atomic E-state index is 12.6. The molecule has 158 valence electrons. The van der Waals surface area contributed by atoms with Crippen molar-refractivity contribution in [3.63, 3.8) is 0 Å². The smallest absolute Gasteiger partial charge is 0.268 e. The Bertz CT molecular complexity index is 1200. The van der Waals surface area contributed by atoms with Crippen molar-refractivity contribution in [1.82, 2.24) is 14.8 Å². The zero-order valence-electron chi connectivity index (χ0n) is 17.1. The molecule has 31 heavy (non-hydrogen) atoms. The molecule has 0 aliphatic carbocycles. The zero-order chi connectivity index (χ0) is 21.8. The first-order valence-electron chi connectivity index (χ1n) is 9.69. The van der Waals surface area contributed by atoms with Gasteiger partial charge >= 0.3 is 0 Å². The monoisotopic (exact) mass is 452 g/mol. The van der Waals surface area contributed by atoms with Crippen molar-refractivity contribution in [1.29, 1.82) is 0 Å². The third-order valence-corrected chi connectivity index (χ3v) is 5.88. The summed E-state index contributed by atoms with van der Waals surface area (Å²) >= 11 is 7.55. The third kappa shape index (κ3) is 5.51. The number of anilines is 1. The van der Waals surface area contributed by atoms with Crippen LogP contribution in [0.15, 0.2) is 60.2 Å². The van der Waals surface area contributed by atoms with Crippen molar-refractivity contribution in [2.24, 2.45) is 0 Å². The summed E-state index contributed by atoms with van der Waals surface area (Å²) in [6, 6.07) is 15.5. The normalized spacial score (nSPS) is 10.8. The van der Waals surface area contributed by atoms with Gasteiger partial charge in [-0.1, -0.05) is 35.9 Å². The van der Waals surface area contributed by atoms with E-state index in [2.05, 4.69) is 21.5 Å². The SMILES string of the molecule is Cc1cc(C)cc(OCc2csc(C(=O)Nc3ncn(Cc4ccccc4Cl)n3)c2)c1. The number of hydrogen-bond donors (Lipinski definition) is 1. The fourth-order valence-corrected chi connectivity index (χ4v) is 4.13. The summed E-state index contributed by atoms with van der Waals surface area (Å²) in [7, 11) is 0. The van der Waals surface area contributed by atoms with Gasteiger partial charge in [0.1, 0.15) is 18.7 Å². The van der Waals surface area contributed by atoms with Crippen LogP contribution in [0.1, 0.15) is 31.9 Å². The predicted octanol–water partition coefficient (Wildman–Crippen LogP) is 5.49. The highest BCUT2D eigenvalue weighted by atomic mass is 35.5. The molecule has 0 fully saturated rings. The second-order valence-corrected chi connectivity index (χ2v) is 8.56. The highest BCUT2D eigenvalue weighted by Crippen LogP contribution is 2.21. The molecule has 8 heteroatoms. The van der Waals surface area contributed by atoms with Crippen LogP contribution in [0.4, 0.5) is 5.95 Å². The molecule has 4 aromatic rings. The fourth-order valence-electron chi connectivity index (χ4n) is 3.15. The van der Waals surface area contributed by atoms with Crippen LogP contribution in [-0.4, -0.2) is 20.7 Å². The van der Waals surface area contributed by atoms with E-state index in [0.29, 0.717) is 23.1 Å². The van der Waals surface area contributed by atoms with Crippen LogP contribution in [0.3, 0.4) is 0 Å². The van der Waals surface area contributed by atoms with Crippen molar-refractivity contribution < 1.29 is 9.53 Å². The molecular formula is C23H21ClN4O2S. The highest BCUT2D eigenvalue weighted by Gasteiger charge is 2.13. The van der Waals surface area contributed by atoms with Crippen molar-refractivity contribution >= 4 is 34.8 Å². The first-order chi connectivity index (χ1) is 15.0. The minimum absolute atomic E-state index is 0.249. The number of rotatable bonds is 7. The maximum absolute atomic E-state index is 12.6. The molecule has 0 aliphatic rings. The Kier molecular flexibility index (Phi) is 6.34. The van der Waals surface area contributed by atoms with Crippen LogP contribution in [0.5, 0.6) is 5.75 Å². The summed E-state index contributed by atoms with van der Waals surface area (Å²) in [5, 5.41) is 9.62. The van der Waals surface area contributed by atoms with Gasteiger partial charge in [-0.05, 0) is 60.2 Å². The number of nitrogens with zero attached hydrogens (tertiary/aromatic N) is 3. The standard InChI is InChI=1S/C23H21ClN4O2S/c1-15-7-16(2)9-19(8-15)30-12-17-10-21(31-13-17)22(29)26-23-25-14-28(27-23)11-18-5-3-4-6-20(18)24/h3-10,13-14H,11-12H2,1-2H3,(H,26,27,29). The number of ether oxygens (including phenoxy) is 1. The average Bonchev–Trinajstić information content (AvgIpc) is 3.37. The molecule has 6 nitrogen and oxygen atoms in total. The van der Waals surface area contributed by atoms with Gasteiger partial charge in [0.2, 0.25) is 5.95 Å². The summed E-state index contributed by atoms with van der Waals surface area (Å²) in [5.74, 6) is 0.819. The van der Waals surface area contributed by atoms with Crippen LogP contribution in [0.25, 0.3) is 0 Å². The van der Waals surface area contributed by atoms with Gasteiger partial charge in [0.25, 0.3) is 5.91 Å². The van der Waals surface area contributed by atoms with Gasteiger partial charge in [-0.15, -0.1) is 16.4 Å². The topological polar surface area (TPSA) is 69.0 Å². The lowest BCUT2D eigenvalue weighted by Gasteiger charge is -2.07. The first kappa shape index (κ1) is 21.1. The molecule has 2 aromatic carbocycles. The first-order valence-corrected chi connectivity index (χ1v) is 10.9. The quantitative estimate of drug-likeness (QED) is 0.402. The van der Waals surface area contributed by atoms with E-state index in [9.17, 15) is 4.79 Å². The number of halogens is 1. The van der Waals surface area contributed by atoms with Crippen LogP contribution < -0.4 is 10.1 Å². The molecule has 0 saturated heterocycles. The Morgan fingerprint density at radius 1 is 1.16 bits per heavy atom. The molecule has 0 bridgehead atoms. The van der Waals surface area contributed by atoms with E-state index in [4.69, 9.17) is 16.3 Å². The van der Waals surface area contributed by atoms with E-state index < -0.39 is 0 Å². The lowest BCUT2D eigenvalue weighted by atomic mass is 10.1. The van der Waals surface area contributed by atoms with Gasteiger partial charge in [-0.2, -0.15) is 0 Å². The number of hydrogen-bond acceptors (Lipinski definition) is 5. The minimum atomic E-state index is -0.252. The van der Waals surface area contributed by atoms with Crippen LogP contribution >= 0.6 is 22.9 Å². The molecule has 0 radical (unpaired) electrons. The molecule has 0 unspecified atom stereocenters. The number of carbonyl (C=O) groups is 1. The molecule has 2 heterocycles. The highest BCUT2D eigenvalue weighted by molar-refractivity contribution is 7.12. The lowest BCUT2D eigenvalue weighted by molar-refractivity contribution is 0.102. The van der Waals surface area contributed by atoms with E-state index >= 15 is 0 Å². The number of thiophene rings is 1. The van der Waals surface area contributed by atoms with Crippen molar-refractivity contribution in [2.45, 2.75) is 27.0 Å². The summed E-state index contributed by atoms with van der Waals surface area (Å²) in [6.07, 6.45) is 1.57. The largest absolute Gasteiger partial charge is 0.489 e. The Morgan fingerprint density at radius 3 is 2.71 bits per heavy atom. The Balaban J connectivity index is 1.35. The molecule has 0 spiro atoms. The van der Waals surface area contributed by atoms with Crippen LogP contribution in [0.2, 0.25) is 5.02 Å². The number of nitrogens with one attached hydrogen (secondary N) is 1. The van der Waals surface area contributed by atoms with E-state index in [1.54, 1.807) is 11.0 Å². The van der Waals surface area contributed by atoms with Gasteiger partial charge in [-0.25, -0.2) is 9.67 Å². The summed E-state index contributed by atoms with van der Waals surface area (Å²) < 4.78 is 7.50. The molecular weight excluding hydrogens is 432 g/mol. The molecule has 0 saturated carbocycles. The number of amides is 1. The lowest BCUT2D eigenvalue weighted by Crippen LogP contribution is -2.12. The minimum Gasteiger partial charge on any atom is -0.489 e. The molecule has 1 N–H and O–H groups in total. The summed E-state index contributed by atoms with van der Waals surface area (Å²) in [6.45, 7) is 4.95. The van der Waals surface area contributed by atoms with Gasteiger partial charge in [0.15, 0.2) is 0 Å². The average molecular weight is 453 g/mol. The Labute approximate surface area is 189 Å². The molecule has 0 atom stereocenters. The van der Waals surface area contributed by atoms with Crippen molar-refractivity contribution in [3.05, 3.63) is 92.4 Å². The van der Waals surface area contributed by atoms with Crippen molar-refractivity contribution in [3.8, 4) is 5.75 Å². The number of aromatic nitrogens is 3. The Morgan fingerprint density at radius 2 is 1.94 bits per heavy atom.